The fourth-order valence-electron chi connectivity index (χ4n) is 4.05. The lowest BCUT2D eigenvalue weighted by Gasteiger charge is -2.19. The molecule has 0 saturated carbocycles. The van der Waals surface area contributed by atoms with Gasteiger partial charge in [-0.3, -0.25) is 9.59 Å². The van der Waals surface area contributed by atoms with E-state index in [0.717, 1.165) is 16.5 Å². The number of anilines is 3. The molecule has 1 unspecified atom stereocenters. The van der Waals surface area contributed by atoms with Crippen molar-refractivity contribution < 1.29 is 18.0 Å². The van der Waals surface area contributed by atoms with Gasteiger partial charge in [0.2, 0.25) is 17.8 Å². The zero-order chi connectivity index (χ0) is 24.4. The van der Waals surface area contributed by atoms with Gasteiger partial charge in [0.25, 0.3) is 10.0 Å². The molecule has 5 rings (SSSR count). The lowest BCUT2D eigenvalue weighted by Crippen LogP contribution is -2.28. The molecule has 0 radical (unpaired) electrons. The van der Waals surface area contributed by atoms with Gasteiger partial charge in [-0.1, -0.05) is 36.4 Å². The molecule has 4 aromatic rings. The molecule has 10 heteroatoms. The molecule has 0 bridgehead atoms. The van der Waals surface area contributed by atoms with Crippen LogP contribution >= 0.6 is 0 Å². The predicted molar refractivity (Wildman–Crippen MR) is 132 cm³/mol. The van der Waals surface area contributed by atoms with Crippen LogP contribution in [0.15, 0.2) is 90.1 Å². The van der Waals surface area contributed by atoms with E-state index in [1.165, 1.54) is 36.7 Å². The minimum absolute atomic E-state index is 0.00104. The summed E-state index contributed by atoms with van der Waals surface area (Å²) in [6, 6.07) is 20.9. The van der Waals surface area contributed by atoms with Crippen molar-refractivity contribution >= 4 is 49.9 Å². The largest absolute Gasteiger partial charge is 0.326 e. The number of amides is 2. The maximum atomic E-state index is 12.9. The number of rotatable bonds is 6. The second-order valence-electron chi connectivity index (χ2n) is 8.10. The van der Waals surface area contributed by atoms with Gasteiger partial charge in [0.1, 0.15) is 0 Å². The van der Waals surface area contributed by atoms with Crippen molar-refractivity contribution in [2.24, 2.45) is 5.92 Å². The molecule has 1 aliphatic rings. The highest BCUT2D eigenvalue weighted by Crippen LogP contribution is 2.32. The van der Waals surface area contributed by atoms with Crippen molar-refractivity contribution in [2.45, 2.75) is 11.3 Å². The molecule has 9 nitrogen and oxygen atoms in total. The monoisotopic (exact) mass is 487 g/mol. The molecule has 176 valence electrons. The average Bonchev–Trinajstić information content (AvgIpc) is 3.26. The van der Waals surface area contributed by atoms with Gasteiger partial charge >= 0.3 is 0 Å². The van der Waals surface area contributed by atoms with Crippen molar-refractivity contribution in [3.8, 4) is 0 Å². The van der Waals surface area contributed by atoms with Gasteiger partial charge in [0, 0.05) is 36.4 Å². The summed E-state index contributed by atoms with van der Waals surface area (Å²) in [7, 11) is -3.88. The first-order valence-corrected chi connectivity index (χ1v) is 12.4. The Morgan fingerprint density at radius 1 is 0.914 bits per heavy atom. The molecule has 3 aromatic carbocycles. The Balaban J connectivity index is 1.27. The molecule has 1 atom stereocenters. The first-order chi connectivity index (χ1) is 16.9. The van der Waals surface area contributed by atoms with Crippen LogP contribution in [0.2, 0.25) is 0 Å². The van der Waals surface area contributed by atoms with Crippen LogP contribution in [-0.2, 0) is 19.6 Å². The number of carbonyl (C=O) groups excluding carboxylic acids is 2. The summed E-state index contributed by atoms with van der Waals surface area (Å²) in [6.07, 6.45) is 2.96. The Bertz CT molecular complexity index is 1500. The van der Waals surface area contributed by atoms with E-state index < -0.39 is 15.9 Å². The summed E-state index contributed by atoms with van der Waals surface area (Å²) in [4.78, 5) is 35.0. The van der Waals surface area contributed by atoms with E-state index in [0.29, 0.717) is 5.69 Å². The molecule has 0 aliphatic carbocycles. The second kappa shape index (κ2) is 9.15. The topological polar surface area (TPSA) is 121 Å². The Morgan fingerprint density at radius 3 is 2.40 bits per heavy atom. The van der Waals surface area contributed by atoms with E-state index in [-0.39, 0.29) is 35.6 Å². The van der Waals surface area contributed by atoms with Crippen molar-refractivity contribution in [1.29, 1.82) is 0 Å². The third kappa shape index (κ3) is 4.69. The Labute approximate surface area is 201 Å². The lowest BCUT2D eigenvalue weighted by atomic mass is 10.1. The van der Waals surface area contributed by atoms with E-state index in [9.17, 15) is 18.0 Å². The average molecular weight is 488 g/mol. The molecular weight excluding hydrogens is 466 g/mol. The van der Waals surface area contributed by atoms with Gasteiger partial charge in [-0.25, -0.2) is 23.1 Å². The fraction of sp³-hybridized carbons (Fsp3) is 0.120. The van der Waals surface area contributed by atoms with Crippen LogP contribution in [0, 0.1) is 5.92 Å². The van der Waals surface area contributed by atoms with Crippen LogP contribution < -0.4 is 14.9 Å². The quantitative estimate of drug-likeness (QED) is 0.430. The number of nitrogens with one attached hydrogen (secondary N) is 2. The smallest absolute Gasteiger partial charge is 0.264 e. The zero-order valence-electron chi connectivity index (χ0n) is 18.5. The molecule has 1 saturated heterocycles. The highest BCUT2D eigenvalue weighted by atomic mass is 32.2. The number of fused-ring (bicyclic) bond motifs is 1. The summed E-state index contributed by atoms with van der Waals surface area (Å²) in [5, 5.41) is 4.76. The van der Waals surface area contributed by atoms with Crippen molar-refractivity contribution in [3.63, 3.8) is 0 Å². The number of hydrogen-bond acceptors (Lipinski definition) is 6. The van der Waals surface area contributed by atoms with Gasteiger partial charge in [0.05, 0.1) is 16.5 Å². The van der Waals surface area contributed by atoms with Gasteiger partial charge in [-0.2, -0.15) is 0 Å². The van der Waals surface area contributed by atoms with E-state index in [1.54, 1.807) is 11.0 Å². The normalized spacial score (nSPS) is 15.8. The molecule has 35 heavy (non-hydrogen) atoms. The minimum Gasteiger partial charge on any atom is -0.326 e. The maximum absolute atomic E-state index is 12.9. The molecule has 2 N–H and O–H groups in total. The lowest BCUT2D eigenvalue weighted by molar-refractivity contribution is -0.122. The fourth-order valence-corrected chi connectivity index (χ4v) is 5.01. The van der Waals surface area contributed by atoms with Gasteiger partial charge < -0.3 is 10.2 Å². The zero-order valence-corrected chi connectivity index (χ0v) is 19.3. The van der Waals surface area contributed by atoms with Crippen LogP contribution in [-0.4, -0.2) is 36.7 Å². The van der Waals surface area contributed by atoms with Crippen molar-refractivity contribution in [3.05, 3.63) is 85.2 Å². The number of sulfonamides is 1. The highest BCUT2D eigenvalue weighted by molar-refractivity contribution is 7.92. The number of benzene rings is 3. The molecule has 0 spiro atoms. The highest BCUT2D eigenvalue weighted by Gasteiger charge is 2.35. The molecular formula is C25H21N5O4S. The number of nitrogens with zero attached hydrogens (tertiary/aromatic N) is 3. The summed E-state index contributed by atoms with van der Waals surface area (Å²) in [5.41, 5.74) is 1.22. The van der Waals surface area contributed by atoms with Crippen molar-refractivity contribution in [1.82, 2.24) is 9.97 Å². The molecule has 1 aromatic heterocycles. The van der Waals surface area contributed by atoms with Gasteiger partial charge in [0.15, 0.2) is 0 Å². The Hall–Kier alpha value is -4.31. The predicted octanol–water partition coefficient (Wildman–Crippen LogP) is 3.42. The Kier molecular flexibility index (Phi) is 5.87. The molecule has 1 fully saturated rings. The number of hydrogen-bond donors (Lipinski definition) is 2. The number of aromatic nitrogens is 2. The summed E-state index contributed by atoms with van der Waals surface area (Å²) >= 11 is 0. The second-order valence-corrected chi connectivity index (χ2v) is 9.78. The maximum Gasteiger partial charge on any atom is 0.264 e. The molecule has 2 amide bonds. The van der Waals surface area contributed by atoms with Crippen LogP contribution in [0.25, 0.3) is 10.8 Å². The summed E-state index contributed by atoms with van der Waals surface area (Å²) in [6.45, 7) is 0.270. The third-order valence-corrected chi connectivity index (χ3v) is 7.12. The first-order valence-electron chi connectivity index (χ1n) is 10.9. The van der Waals surface area contributed by atoms with E-state index >= 15 is 0 Å². The SMILES string of the molecule is O=C(Nc1ccc(S(=O)(=O)Nc2ncccn2)cc1)C1CC(=O)N(c2cccc3ccccc23)C1. The van der Waals surface area contributed by atoms with E-state index in [2.05, 4.69) is 20.0 Å². The van der Waals surface area contributed by atoms with Gasteiger partial charge in [-0.15, -0.1) is 0 Å². The van der Waals surface area contributed by atoms with Crippen molar-refractivity contribution in [2.75, 3.05) is 21.5 Å². The summed E-state index contributed by atoms with van der Waals surface area (Å²) < 4.78 is 27.3. The molecule has 1 aliphatic heterocycles. The van der Waals surface area contributed by atoms with E-state index in [1.807, 2.05) is 42.5 Å². The van der Waals surface area contributed by atoms with E-state index in [4.69, 9.17) is 0 Å². The van der Waals surface area contributed by atoms with Crippen LogP contribution in [0.1, 0.15) is 6.42 Å². The first kappa shape index (κ1) is 22.5. The molecule has 2 heterocycles. The van der Waals surface area contributed by atoms with Crippen LogP contribution in [0.3, 0.4) is 0 Å². The van der Waals surface area contributed by atoms with Crippen LogP contribution in [0.4, 0.5) is 17.3 Å². The standard InChI is InChI=1S/C25H21N5O4S/c31-23-15-18(16-30(23)22-8-3-6-17-5-1-2-7-21(17)22)24(32)28-19-9-11-20(12-10-19)35(33,34)29-25-26-13-4-14-27-25/h1-14,18H,15-16H2,(H,28,32)(H,26,27,29). The Morgan fingerprint density at radius 2 is 1.63 bits per heavy atom. The minimum atomic E-state index is -3.88. The van der Waals surface area contributed by atoms with Crippen LogP contribution in [0.5, 0.6) is 0 Å². The van der Waals surface area contributed by atoms with Gasteiger partial charge in [-0.05, 0) is 41.8 Å². The third-order valence-electron chi connectivity index (χ3n) is 5.78. The number of carbonyl (C=O) groups is 2. The summed E-state index contributed by atoms with van der Waals surface area (Å²) in [5.74, 6) is -0.974.